The van der Waals surface area contributed by atoms with Gasteiger partial charge in [0.2, 0.25) is 5.67 Å². The molecule has 2 bridgehead atoms. The third kappa shape index (κ3) is 29.5. The van der Waals surface area contributed by atoms with E-state index in [-0.39, 0.29) is 85.9 Å². The van der Waals surface area contributed by atoms with Gasteiger partial charge < -0.3 is 0 Å². The van der Waals surface area contributed by atoms with Gasteiger partial charge in [-0.1, -0.05) is 164 Å². The van der Waals surface area contributed by atoms with Gasteiger partial charge in [-0.25, -0.2) is 30.7 Å². The summed E-state index contributed by atoms with van der Waals surface area (Å²) >= 11 is 0. The van der Waals surface area contributed by atoms with Gasteiger partial charge in [-0.05, 0) is 179 Å². The molecule has 0 aromatic carbocycles. The van der Waals surface area contributed by atoms with Crippen molar-refractivity contribution >= 4 is 0 Å². The summed E-state index contributed by atoms with van der Waals surface area (Å²) in [5.74, 6) is -55.1. The Hall–Kier alpha value is -3.01. The minimum Gasteiger partial charge on any atom is -0.247 e. The summed E-state index contributed by atoms with van der Waals surface area (Å²) in [7, 11) is 0. The first-order chi connectivity index (χ1) is 57.4. The third-order valence-corrected chi connectivity index (χ3v) is 28.9. The largest absolute Gasteiger partial charge is 0.394 e. The number of alkyl halides is 43. The van der Waals surface area contributed by atoms with Crippen LogP contribution in [-0.2, 0) is 0 Å². The number of hydrogen-bond acceptors (Lipinski definition) is 0. The highest BCUT2D eigenvalue weighted by molar-refractivity contribution is 5.20. The summed E-state index contributed by atoms with van der Waals surface area (Å²) in [4.78, 5) is 0. The van der Waals surface area contributed by atoms with Crippen molar-refractivity contribution in [3.8, 4) is 0 Å². The Labute approximate surface area is 724 Å². The van der Waals surface area contributed by atoms with Crippen LogP contribution in [0.25, 0.3) is 0 Å². The second-order valence-corrected chi connectivity index (χ2v) is 38.3. The lowest BCUT2D eigenvalue weighted by Crippen LogP contribution is -2.77. The zero-order chi connectivity index (χ0) is 104. The molecule has 11 saturated carbocycles. The molecule has 11 rings (SSSR count). The van der Waals surface area contributed by atoms with E-state index in [1.165, 1.54) is 34.6 Å². The average Bonchev–Trinajstić information content (AvgIpc) is 0.744. The van der Waals surface area contributed by atoms with Crippen LogP contribution in [0.3, 0.4) is 0 Å². The predicted octanol–water partition coefficient (Wildman–Crippen LogP) is 35.1. The van der Waals surface area contributed by atoms with Crippen LogP contribution < -0.4 is 0 Å². The fourth-order valence-corrected chi connectivity index (χ4v) is 21.1. The standard InChI is InChI=1S/C12H15F9.C10H14F6.C9H13F3.4C9H15F3.C8H7F9.C8H12F4.C2H6/c1-4-5(2)8(11(16,17)18)9(12(19,20)21)6(3)7(4)10(13,14)15;1-5-3-6(2)8(10(14,15)16)7(4-5)9(11,12)13;1-5-6-3-4-7(5)8(6,2)9(10,11)12;2*1-6-3-7(2)5-8(4-6)9(10,11)12;2*1-6-4-3-5-8(7(6)2)9(10,11)12;1-3-5(10,11)4(2,9)7(14,15)8(16,17)6(3,12)13;1-3-5(9)4(2)7(11)8(12)6(3)10;1-2/h4-9H,1-3H3;5-8H,3-4H2,1-2H3;5-7H,3-4H2,1-2H3;4*6-8H,3-5H2,1-2H3;3H,1-2H3;3-8H,1-2H3;1-2H3/t4-,5?,6?,7?,8?,9?;5-,6?,7?,8?;5?,6-,7+,8?;2*6-,7?,8?;2*6?,7-,8?;3-,4?;3-,4?,5?,6?,7?,8?;/m10.001100./s1/i;;;6D;;7D;;;;. The third-order valence-electron chi connectivity index (χ3n) is 28.9. The molecule has 768 valence electrons. The number of rotatable bonds is 0. The molecule has 43 heteroatoms. The van der Waals surface area contributed by atoms with Gasteiger partial charge in [0, 0.05) is 14.6 Å². The maximum absolute atomic E-state index is 13.2. The van der Waals surface area contributed by atoms with E-state index >= 15 is 0 Å². The van der Waals surface area contributed by atoms with E-state index in [0.29, 0.717) is 44.9 Å². The first-order valence-corrected chi connectivity index (χ1v) is 42.9. The van der Waals surface area contributed by atoms with Gasteiger partial charge in [-0.15, -0.1) is 0 Å². The molecule has 128 heavy (non-hydrogen) atoms. The van der Waals surface area contributed by atoms with Crippen molar-refractivity contribution in [2.24, 2.45) is 171 Å². The van der Waals surface area contributed by atoms with Crippen molar-refractivity contribution in [1.29, 1.82) is 0 Å². The van der Waals surface area contributed by atoms with Gasteiger partial charge in [0.1, 0.15) is 18.5 Å². The maximum Gasteiger partial charge on any atom is 0.394 e. The Kier molecular flexibility index (Phi) is 41.5. The van der Waals surface area contributed by atoms with E-state index in [4.69, 9.17) is 2.74 Å². The van der Waals surface area contributed by atoms with E-state index in [2.05, 4.69) is 0 Å². The van der Waals surface area contributed by atoms with E-state index in [1.54, 1.807) is 34.6 Å². The Morgan fingerprint density at radius 3 is 0.922 bits per heavy atom. The molecule has 0 amide bonds. The summed E-state index contributed by atoms with van der Waals surface area (Å²) in [6, 6.07) is 0. The molecule has 0 aromatic heterocycles. The lowest BCUT2D eigenvalue weighted by molar-refractivity contribution is -0.431. The fraction of sp³-hybridized carbons (Fsp3) is 1.00. The number of halogens is 43. The molecule has 0 N–H and O–H groups in total. The van der Waals surface area contributed by atoms with Crippen LogP contribution in [0.4, 0.5) is 189 Å². The van der Waals surface area contributed by atoms with Crippen molar-refractivity contribution in [2.45, 2.75) is 364 Å². The van der Waals surface area contributed by atoms with Crippen molar-refractivity contribution < 1.29 is 192 Å². The van der Waals surface area contributed by atoms with Gasteiger partial charge >= 0.3 is 79.5 Å². The maximum atomic E-state index is 13.2. The normalized spacial score (nSPS) is 42.6. The molecule has 34 atom stereocenters. The lowest BCUT2D eigenvalue weighted by Gasteiger charge is -2.53. The van der Waals surface area contributed by atoms with Gasteiger partial charge in [-0.3, -0.25) is 0 Å². The highest BCUT2D eigenvalue weighted by atomic mass is 19.5. The molecular formula is C85H127F43. The molecule has 0 spiro atoms. The molecule has 0 nitrogen and oxygen atoms in total. The Morgan fingerprint density at radius 2 is 0.602 bits per heavy atom. The SMILES string of the molecule is CC.CC1C(C(F)(F)F)C(C(F)(F)F)C(C)[C@@H](C)C1C(F)(F)F.CC1C(F)C(F)C(F)[C@@H](C)C1F.CC1CC(C(F)(F)F)C[C@@H](C)C1.CC1CCCC(C(F)(F)F)[C@@H]1C.CC1C[C@H](C)CC(C(F)(F)F)C1C(F)(F)F.CC1[C@H]2CC[C@@H]1C2(C)C(F)(F)F.C[C@H]1C(F)(F)C(C)(F)C(F)(F)C(F)(F)C1(F)F.[2H][C@@]1(C)C(C)CCCC1C(F)(F)F.[2H][C@]1(C)CC(C)CC(C(F)(F)F)C1. The van der Waals surface area contributed by atoms with Crippen molar-refractivity contribution in [3.05, 3.63) is 0 Å². The topological polar surface area (TPSA) is 0 Å². The minimum absolute atomic E-state index is 0.0166. The molecule has 11 fully saturated rings. The second kappa shape index (κ2) is 44.6. The fourth-order valence-electron chi connectivity index (χ4n) is 21.1. The summed E-state index contributed by atoms with van der Waals surface area (Å²) in [5, 5.41) is 0. The van der Waals surface area contributed by atoms with E-state index in [9.17, 15) is 189 Å². The lowest BCUT2D eigenvalue weighted by atomic mass is 9.53. The summed E-state index contributed by atoms with van der Waals surface area (Å²) in [6.45, 7) is 28.5. The van der Waals surface area contributed by atoms with Gasteiger partial charge in [0.15, 0.2) is 6.17 Å². The zero-order valence-electron chi connectivity index (χ0n) is 76.9. The predicted molar refractivity (Wildman–Crippen MR) is 397 cm³/mol. The quantitative estimate of drug-likeness (QED) is 0.212. The van der Waals surface area contributed by atoms with Gasteiger partial charge in [0.05, 0.1) is 64.6 Å². The Balaban J connectivity index is 0.000000734. The van der Waals surface area contributed by atoms with Gasteiger partial charge in [0.25, 0.3) is 5.92 Å². The van der Waals surface area contributed by atoms with Crippen LogP contribution in [0, 0.1) is 171 Å². The first-order valence-electron chi connectivity index (χ1n) is 43.9. The minimum atomic E-state index is -6.19. The van der Waals surface area contributed by atoms with Crippen molar-refractivity contribution in [3.63, 3.8) is 0 Å². The van der Waals surface area contributed by atoms with E-state index < -0.39 is 241 Å². The molecule has 0 heterocycles. The monoisotopic (exact) mass is 1970 g/mol. The first kappa shape index (κ1) is 119. The molecule has 24 unspecified atom stereocenters. The molecule has 0 aliphatic heterocycles. The van der Waals surface area contributed by atoms with Crippen LogP contribution in [0.5, 0.6) is 0 Å². The van der Waals surface area contributed by atoms with Crippen LogP contribution in [0.1, 0.15) is 251 Å². The summed E-state index contributed by atoms with van der Waals surface area (Å²) in [5.41, 5.74) is -6.41. The molecule has 11 aliphatic carbocycles. The summed E-state index contributed by atoms with van der Waals surface area (Å²) in [6.07, 6.45) is -45.9. The highest BCUT2D eigenvalue weighted by Gasteiger charge is 2.91. The molecule has 0 radical (unpaired) electrons. The molecule has 11 aliphatic rings. The van der Waals surface area contributed by atoms with Crippen molar-refractivity contribution in [1.82, 2.24) is 0 Å². The number of fused-ring (bicyclic) bond motifs is 1. The van der Waals surface area contributed by atoms with E-state index in [0.717, 1.165) is 52.4 Å². The van der Waals surface area contributed by atoms with Crippen LogP contribution in [0.2, 0.25) is 0 Å². The zero-order valence-corrected chi connectivity index (χ0v) is 74.9. The van der Waals surface area contributed by atoms with Crippen LogP contribution in [0.15, 0.2) is 0 Å². The van der Waals surface area contributed by atoms with Crippen LogP contribution in [-0.4, -0.2) is 116 Å². The van der Waals surface area contributed by atoms with E-state index in [1.807, 2.05) is 41.5 Å². The molecule has 0 aromatic rings. The van der Waals surface area contributed by atoms with Crippen molar-refractivity contribution in [2.75, 3.05) is 0 Å². The highest BCUT2D eigenvalue weighted by Crippen LogP contribution is 2.72. The second-order valence-electron chi connectivity index (χ2n) is 38.3. The Bertz CT molecular complexity index is 3210. The smallest absolute Gasteiger partial charge is 0.247 e. The molecule has 0 saturated heterocycles. The average molecular weight is 1970 g/mol. The Morgan fingerprint density at radius 1 is 0.266 bits per heavy atom. The van der Waals surface area contributed by atoms with Gasteiger partial charge in [-0.2, -0.15) is 158 Å². The van der Waals surface area contributed by atoms with Crippen LogP contribution >= 0.6 is 0 Å². The number of hydrogen-bond donors (Lipinski definition) is 0. The summed E-state index contributed by atoms with van der Waals surface area (Å²) < 4.78 is 561. The molecular weight excluding hydrogens is 1840 g/mol.